The zero-order chi connectivity index (χ0) is 27.1. The van der Waals surface area contributed by atoms with Crippen molar-refractivity contribution in [1.82, 2.24) is 14.5 Å². The molecule has 3 aromatic heterocycles. The van der Waals surface area contributed by atoms with Crippen LogP contribution in [0.15, 0.2) is 42.5 Å². The van der Waals surface area contributed by atoms with E-state index >= 15 is 0 Å². The van der Waals surface area contributed by atoms with Crippen molar-refractivity contribution in [3.05, 3.63) is 81.4 Å². The minimum Gasteiger partial charge on any atom is -0.467 e. The van der Waals surface area contributed by atoms with Gasteiger partial charge in [-0.25, -0.2) is 9.78 Å². The highest BCUT2D eigenvalue weighted by atomic mass is 35.5. The van der Waals surface area contributed by atoms with E-state index in [-0.39, 0.29) is 0 Å². The summed E-state index contributed by atoms with van der Waals surface area (Å²) in [5.74, 6) is -0.466. The molecule has 4 rings (SSSR count). The Hall–Kier alpha value is -3.22. The second-order valence-electron chi connectivity index (χ2n) is 10.4. The van der Waals surface area contributed by atoms with E-state index in [1.54, 1.807) is 0 Å². The topological polar surface area (TPSA) is 66.2 Å². The Morgan fingerprint density at radius 2 is 1.70 bits per heavy atom. The van der Waals surface area contributed by atoms with Gasteiger partial charge in [0.1, 0.15) is 5.65 Å². The number of esters is 1. The van der Waals surface area contributed by atoms with Gasteiger partial charge in [0, 0.05) is 38.6 Å². The molecule has 0 radical (unpaired) electrons. The van der Waals surface area contributed by atoms with Crippen LogP contribution in [0, 0.1) is 27.7 Å². The van der Waals surface area contributed by atoms with Gasteiger partial charge < -0.3 is 14.0 Å². The second-order valence-corrected chi connectivity index (χ2v) is 10.8. The number of methoxy groups -OCH3 is 1. The van der Waals surface area contributed by atoms with E-state index in [1.165, 1.54) is 7.11 Å². The average molecular weight is 520 g/mol. The van der Waals surface area contributed by atoms with Crippen molar-refractivity contribution in [2.45, 2.75) is 66.7 Å². The molecule has 1 aromatic carbocycles. The summed E-state index contributed by atoms with van der Waals surface area (Å²) < 4.78 is 13.7. The van der Waals surface area contributed by atoms with Gasteiger partial charge in [0.05, 0.1) is 24.9 Å². The highest BCUT2D eigenvalue weighted by Crippen LogP contribution is 2.42. The first-order chi connectivity index (χ1) is 17.4. The maximum absolute atomic E-state index is 13.1. The number of carbonyl (C=O) groups is 1. The van der Waals surface area contributed by atoms with Crippen molar-refractivity contribution < 1.29 is 14.3 Å². The van der Waals surface area contributed by atoms with Gasteiger partial charge >= 0.3 is 5.97 Å². The van der Waals surface area contributed by atoms with Gasteiger partial charge in [-0.05, 0) is 83.9 Å². The van der Waals surface area contributed by atoms with Gasteiger partial charge in [-0.3, -0.25) is 4.98 Å². The van der Waals surface area contributed by atoms with Crippen molar-refractivity contribution in [2.75, 3.05) is 7.11 Å². The number of halogens is 1. The Kier molecular flexibility index (Phi) is 7.45. The number of carbonyl (C=O) groups excluding carboxylic acids is 1. The molecule has 0 spiro atoms. The monoisotopic (exact) mass is 519 g/mol. The normalized spacial score (nSPS) is 12.7. The lowest BCUT2D eigenvalue weighted by Crippen LogP contribution is -2.29. The molecular weight excluding hydrogens is 486 g/mol. The Morgan fingerprint density at radius 1 is 1.03 bits per heavy atom. The highest BCUT2D eigenvalue weighted by Gasteiger charge is 2.34. The van der Waals surface area contributed by atoms with Gasteiger partial charge in [0.25, 0.3) is 0 Å². The molecule has 1 unspecified atom stereocenters. The number of nitrogens with zero attached hydrogens (tertiary/aromatic N) is 3. The lowest BCUT2D eigenvalue weighted by Gasteiger charge is -2.28. The highest BCUT2D eigenvalue weighted by molar-refractivity contribution is 6.30. The number of fused-ring (bicyclic) bond motifs is 1. The Bertz CT molecular complexity index is 1470. The zero-order valence-corrected chi connectivity index (χ0v) is 23.5. The van der Waals surface area contributed by atoms with Crippen LogP contribution in [0.1, 0.15) is 60.8 Å². The van der Waals surface area contributed by atoms with Crippen LogP contribution >= 0.6 is 11.6 Å². The molecule has 4 aromatic rings. The Morgan fingerprint density at radius 3 is 2.30 bits per heavy atom. The van der Waals surface area contributed by atoms with Crippen molar-refractivity contribution in [3.8, 4) is 11.1 Å². The number of ether oxygens (including phenoxy) is 2. The van der Waals surface area contributed by atoms with Crippen LogP contribution in [0.25, 0.3) is 22.2 Å². The zero-order valence-electron chi connectivity index (χ0n) is 22.8. The molecular formula is C30H34ClN3O3. The molecule has 0 bridgehead atoms. The van der Waals surface area contributed by atoms with E-state index in [0.717, 1.165) is 44.8 Å². The molecule has 0 aliphatic heterocycles. The smallest absolute Gasteiger partial charge is 0.339 e. The molecule has 194 valence electrons. The number of hydrogen-bond acceptors (Lipinski definition) is 5. The first kappa shape index (κ1) is 26.8. The van der Waals surface area contributed by atoms with Gasteiger partial charge in [-0.1, -0.05) is 29.8 Å². The molecule has 6 nitrogen and oxygen atoms in total. The third kappa shape index (κ3) is 5.41. The summed E-state index contributed by atoms with van der Waals surface area (Å²) in [6, 6.07) is 13.7. The molecule has 0 fully saturated rings. The van der Waals surface area contributed by atoms with Gasteiger partial charge in [-0.2, -0.15) is 0 Å². The van der Waals surface area contributed by atoms with Crippen molar-refractivity contribution in [2.24, 2.45) is 0 Å². The van der Waals surface area contributed by atoms with Crippen LogP contribution in [0.4, 0.5) is 0 Å². The van der Waals surface area contributed by atoms with Crippen LogP contribution in [0.3, 0.4) is 0 Å². The van der Waals surface area contributed by atoms with E-state index in [1.807, 2.05) is 77.1 Å². The fraction of sp³-hybridized carbons (Fsp3) is 0.367. The fourth-order valence-electron chi connectivity index (χ4n) is 4.76. The summed E-state index contributed by atoms with van der Waals surface area (Å²) in [6.45, 7) is 14.5. The molecule has 3 heterocycles. The second kappa shape index (κ2) is 10.3. The standard InChI is InChI=1S/C30H34ClN3O3/c1-17-10-9-11-23(32-17)16-34-20(4)18(2)24-26(21-12-14-22(31)15-13-21)25(19(3)33-28(24)34)27(29(35)36-8)37-30(5,6)7/h9-15,27H,16H2,1-8H3. The van der Waals surface area contributed by atoms with E-state index in [4.69, 9.17) is 31.0 Å². The van der Waals surface area contributed by atoms with Crippen LogP contribution in [-0.4, -0.2) is 33.2 Å². The number of hydrogen-bond donors (Lipinski definition) is 0. The largest absolute Gasteiger partial charge is 0.467 e. The van der Waals surface area contributed by atoms with Crippen LogP contribution in [0.2, 0.25) is 5.02 Å². The van der Waals surface area contributed by atoms with E-state index in [2.05, 4.69) is 18.4 Å². The van der Waals surface area contributed by atoms with Crippen molar-refractivity contribution in [3.63, 3.8) is 0 Å². The molecule has 0 N–H and O–H groups in total. The van der Waals surface area contributed by atoms with Crippen molar-refractivity contribution >= 4 is 28.6 Å². The van der Waals surface area contributed by atoms with Gasteiger partial charge in [0.2, 0.25) is 0 Å². The number of pyridine rings is 2. The SMILES string of the molecule is COC(=O)C(OC(C)(C)C)c1c(C)nc2c(c(C)c(C)n2Cc2cccc(C)n2)c1-c1ccc(Cl)cc1. The summed E-state index contributed by atoms with van der Waals surface area (Å²) in [6.07, 6.45) is -0.950. The van der Waals surface area contributed by atoms with E-state index in [0.29, 0.717) is 22.8 Å². The molecule has 0 saturated heterocycles. The number of aromatic nitrogens is 3. The lowest BCUT2D eigenvalue weighted by molar-refractivity contribution is -0.164. The third-order valence-corrected chi connectivity index (χ3v) is 6.78. The lowest BCUT2D eigenvalue weighted by atomic mass is 9.91. The molecule has 0 saturated carbocycles. The first-order valence-corrected chi connectivity index (χ1v) is 12.7. The van der Waals surface area contributed by atoms with Crippen molar-refractivity contribution in [1.29, 1.82) is 0 Å². The molecule has 1 atom stereocenters. The molecule has 0 amide bonds. The predicted molar refractivity (Wildman–Crippen MR) is 148 cm³/mol. The van der Waals surface area contributed by atoms with Gasteiger partial charge in [0.15, 0.2) is 6.10 Å². The minimum absolute atomic E-state index is 0.466. The fourth-order valence-corrected chi connectivity index (χ4v) is 4.89. The predicted octanol–water partition coefficient (Wildman–Crippen LogP) is 7.06. The Balaban J connectivity index is 2.08. The molecule has 37 heavy (non-hydrogen) atoms. The summed E-state index contributed by atoms with van der Waals surface area (Å²) in [5.41, 5.74) is 7.57. The summed E-state index contributed by atoms with van der Waals surface area (Å²) >= 11 is 6.25. The van der Waals surface area contributed by atoms with Crippen LogP contribution in [0.5, 0.6) is 0 Å². The number of aryl methyl sites for hydroxylation is 3. The molecule has 0 aliphatic carbocycles. The quantitative estimate of drug-likeness (QED) is 0.255. The van der Waals surface area contributed by atoms with Crippen LogP contribution in [-0.2, 0) is 20.8 Å². The average Bonchev–Trinajstić information content (AvgIpc) is 3.06. The van der Waals surface area contributed by atoms with Gasteiger partial charge in [-0.15, -0.1) is 0 Å². The Labute approximate surface area is 223 Å². The molecule has 7 heteroatoms. The minimum atomic E-state index is -0.950. The van der Waals surface area contributed by atoms with Crippen LogP contribution < -0.4 is 0 Å². The maximum atomic E-state index is 13.1. The summed E-state index contributed by atoms with van der Waals surface area (Å²) in [4.78, 5) is 22.9. The summed E-state index contributed by atoms with van der Waals surface area (Å²) in [7, 11) is 1.38. The van der Waals surface area contributed by atoms with E-state index in [9.17, 15) is 4.79 Å². The first-order valence-electron chi connectivity index (χ1n) is 12.3. The maximum Gasteiger partial charge on any atom is 0.339 e. The molecule has 0 aliphatic rings. The number of rotatable bonds is 6. The summed E-state index contributed by atoms with van der Waals surface area (Å²) in [5, 5.41) is 1.61. The van der Waals surface area contributed by atoms with E-state index < -0.39 is 17.7 Å². The number of benzene rings is 1. The third-order valence-electron chi connectivity index (χ3n) is 6.53.